The zero-order valence-corrected chi connectivity index (χ0v) is 11.6. The van der Waals surface area contributed by atoms with Crippen molar-refractivity contribution in [1.29, 1.82) is 0 Å². The molecule has 0 saturated heterocycles. The van der Waals surface area contributed by atoms with E-state index < -0.39 is 5.97 Å². The summed E-state index contributed by atoms with van der Waals surface area (Å²) in [5, 5.41) is 11.7. The number of aromatic nitrogens is 1. The van der Waals surface area contributed by atoms with E-state index in [1.165, 1.54) is 12.1 Å². The fourth-order valence-corrected chi connectivity index (χ4v) is 1.96. The molecular weight excluding hydrogens is 256 g/mol. The Kier molecular flexibility index (Phi) is 3.61. The first-order valence-electron chi connectivity index (χ1n) is 6.17. The van der Waals surface area contributed by atoms with Crippen LogP contribution in [0.1, 0.15) is 32.1 Å². The molecule has 1 amide bonds. The summed E-state index contributed by atoms with van der Waals surface area (Å²) in [6.45, 7) is 3.68. The van der Waals surface area contributed by atoms with Gasteiger partial charge in [-0.2, -0.15) is 0 Å². The van der Waals surface area contributed by atoms with Crippen LogP contribution in [0.2, 0.25) is 0 Å². The summed E-state index contributed by atoms with van der Waals surface area (Å²) in [5.74, 6) is -1.20. The normalized spacial score (nSPS) is 10.3. The van der Waals surface area contributed by atoms with Gasteiger partial charge in [0.2, 0.25) is 0 Å². The van der Waals surface area contributed by atoms with Gasteiger partial charge in [-0.05, 0) is 49.7 Å². The van der Waals surface area contributed by atoms with Crippen LogP contribution in [0, 0.1) is 13.8 Å². The van der Waals surface area contributed by atoms with Gasteiger partial charge in [-0.25, -0.2) is 4.79 Å². The quantitative estimate of drug-likeness (QED) is 0.902. The van der Waals surface area contributed by atoms with Gasteiger partial charge in [0.05, 0.1) is 5.56 Å². The highest BCUT2D eigenvalue weighted by Crippen LogP contribution is 2.18. The van der Waals surface area contributed by atoms with Gasteiger partial charge < -0.3 is 15.0 Å². The third-order valence-electron chi connectivity index (χ3n) is 3.33. The first-order chi connectivity index (χ1) is 9.40. The number of hydrogen-bond donors (Lipinski definition) is 2. The molecule has 0 saturated carbocycles. The van der Waals surface area contributed by atoms with E-state index in [1.54, 1.807) is 23.6 Å². The monoisotopic (exact) mass is 272 g/mol. The predicted octanol–water partition coefficient (Wildman–Crippen LogP) is 2.59. The molecule has 1 aromatic carbocycles. The maximum absolute atomic E-state index is 12.2. The second-order valence-corrected chi connectivity index (χ2v) is 4.71. The van der Waals surface area contributed by atoms with Crippen molar-refractivity contribution in [2.45, 2.75) is 13.8 Å². The van der Waals surface area contributed by atoms with E-state index in [1.807, 2.05) is 20.0 Å². The summed E-state index contributed by atoms with van der Waals surface area (Å²) in [7, 11) is 1.82. The number of carboxylic acid groups (broad SMARTS) is 1. The molecule has 0 fully saturated rings. The van der Waals surface area contributed by atoms with Crippen molar-refractivity contribution in [3.8, 4) is 0 Å². The Morgan fingerprint density at radius 2 is 1.85 bits per heavy atom. The Morgan fingerprint density at radius 1 is 1.15 bits per heavy atom. The molecule has 0 aliphatic heterocycles. The maximum atomic E-state index is 12.2. The molecule has 2 N–H and O–H groups in total. The number of carbonyl (C=O) groups excluding carboxylic acids is 1. The number of amides is 1. The van der Waals surface area contributed by atoms with Crippen molar-refractivity contribution in [2.24, 2.45) is 7.05 Å². The van der Waals surface area contributed by atoms with Crippen LogP contribution < -0.4 is 5.32 Å². The molecule has 2 rings (SSSR count). The Bertz CT molecular complexity index is 686. The standard InChI is InChI=1S/C15H16N2O3/c1-9-8-11(15(19)20)5-6-12(9)16-14(18)13-7-4-10(2)17(13)3/h4-8H,1-3H3,(H,16,18)(H,19,20). The minimum Gasteiger partial charge on any atom is -0.478 e. The minimum atomic E-state index is -0.982. The first-order valence-corrected chi connectivity index (χ1v) is 6.17. The number of hydrogen-bond acceptors (Lipinski definition) is 2. The topological polar surface area (TPSA) is 71.3 Å². The van der Waals surface area contributed by atoms with E-state index in [0.717, 1.165) is 5.69 Å². The molecule has 0 aliphatic carbocycles. The van der Waals surface area contributed by atoms with Gasteiger partial charge in [-0.15, -0.1) is 0 Å². The Morgan fingerprint density at radius 3 is 2.35 bits per heavy atom. The summed E-state index contributed by atoms with van der Waals surface area (Å²) in [4.78, 5) is 23.0. The molecule has 5 nitrogen and oxygen atoms in total. The van der Waals surface area contributed by atoms with Gasteiger partial charge >= 0.3 is 5.97 Å². The van der Waals surface area contributed by atoms with Crippen LogP contribution in [0.25, 0.3) is 0 Å². The number of anilines is 1. The lowest BCUT2D eigenvalue weighted by Gasteiger charge is -2.10. The van der Waals surface area contributed by atoms with Crippen molar-refractivity contribution in [1.82, 2.24) is 4.57 Å². The zero-order chi connectivity index (χ0) is 14.9. The van der Waals surface area contributed by atoms with E-state index in [-0.39, 0.29) is 11.5 Å². The van der Waals surface area contributed by atoms with Crippen molar-refractivity contribution in [3.63, 3.8) is 0 Å². The largest absolute Gasteiger partial charge is 0.478 e. The van der Waals surface area contributed by atoms with Crippen molar-refractivity contribution >= 4 is 17.6 Å². The predicted molar refractivity (Wildman–Crippen MR) is 76.2 cm³/mol. The average Bonchev–Trinajstić information content (AvgIpc) is 2.72. The molecule has 1 aromatic heterocycles. The number of rotatable bonds is 3. The molecule has 2 aromatic rings. The van der Waals surface area contributed by atoms with Gasteiger partial charge in [0, 0.05) is 18.4 Å². The van der Waals surface area contributed by atoms with E-state index in [9.17, 15) is 9.59 Å². The summed E-state index contributed by atoms with van der Waals surface area (Å²) in [6, 6.07) is 8.24. The number of carbonyl (C=O) groups is 2. The highest BCUT2D eigenvalue weighted by Gasteiger charge is 2.13. The van der Waals surface area contributed by atoms with Crippen LogP contribution in [0.4, 0.5) is 5.69 Å². The lowest BCUT2D eigenvalue weighted by Crippen LogP contribution is -2.16. The smallest absolute Gasteiger partial charge is 0.335 e. The number of aryl methyl sites for hydroxylation is 2. The highest BCUT2D eigenvalue weighted by atomic mass is 16.4. The van der Waals surface area contributed by atoms with Crippen molar-refractivity contribution < 1.29 is 14.7 Å². The Hall–Kier alpha value is -2.56. The lowest BCUT2D eigenvalue weighted by molar-refractivity contribution is 0.0696. The Labute approximate surface area is 116 Å². The third-order valence-corrected chi connectivity index (χ3v) is 3.33. The van der Waals surface area contributed by atoms with Gasteiger partial charge in [-0.3, -0.25) is 4.79 Å². The molecule has 104 valence electrons. The van der Waals surface area contributed by atoms with Gasteiger partial charge in [-0.1, -0.05) is 0 Å². The molecule has 0 radical (unpaired) electrons. The molecule has 20 heavy (non-hydrogen) atoms. The van der Waals surface area contributed by atoms with E-state index in [0.29, 0.717) is 16.9 Å². The third kappa shape index (κ3) is 2.56. The molecule has 0 spiro atoms. The fraction of sp³-hybridized carbons (Fsp3) is 0.200. The van der Waals surface area contributed by atoms with Gasteiger partial charge in [0.1, 0.15) is 5.69 Å². The van der Waals surface area contributed by atoms with Crippen LogP contribution in [0.5, 0.6) is 0 Å². The number of nitrogens with zero attached hydrogens (tertiary/aromatic N) is 1. The van der Waals surface area contributed by atoms with Gasteiger partial charge in [0.25, 0.3) is 5.91 Å². The summed E-state index contributed by atoms with van der Waals surface area (Å²) >= 11 is 0. The van der Waals surface area contributed by atoms with Crippen LogP contribution >= 0.6 is 0 Å². The number of aromatic carboxylic acids is 1. The maximum Gasteiger partial charge on any atom is 0.335 e. The SMILES string of the molecule is Cc1cc(C(=O)O)ccc1NC(=O)c1ccc(C)n1C. The molecule has 5 heteroatoms. The lowest BCUT2D eigenvalue weighted by atomic mass is 10.1. The van der Waals surface area contributed by atoms with Crippen LogP contribution in [-0.4, -0.2) is 21.6 Å². The summed E-state index contributed by atoms with van der Waals surface area (Å²) < 4.78 is 1.80. The van der Waals surface area contributed by atoms with E-state index >= 15 is 0 Å². The Balaban J connectivity index is 2.24. The van der Waals surface area contributed by atoms with Crippen molar-refractivity contribution in [2.75, 3.05) is 5.32 Å². The highest BCUT2D eigenvalue weighted by molar-refractivity contribution is 6.04. The molecule has 0 aliphatic rings. The average molecular weight is 272 g/mol. The summed E-state index contributed by atoms with van der Waals surface area (Å²) in [5.41, 5.74) is 3.08. The summed E-state index contributed by atoms with van der Waals surface area (Å²) in [6.07, 6.45) is 0. The first kappa shape index (κ1) is 13.9. The molecule has 0 bridgehead atoms. The number of nitrogens with one attached hydrogen (secondary N) is 1. The van der Waals surface area contributed by atoms with E-state index in [4.69, 9.17) is 5.11 Å². The van der Waals surface area contributed by atoms with Crippen molar-refractivity contribution in [3.05, 3.63) is 52.8 Å². The zero-order valence-electron chi connectivity index (χ0n) is 11.6. The second-order valence-electron chi connectivity index (χ2n) is 4.71. The number of carboxylic acids is 1. The minimum absolute atomic E-state index is 0.204. The molecular formula is C15H16N2O3. The molecule has 0 atom stereocenters. The van der Waals surface area contributed by atoms with Gasteiger partial charge in [0.15, 0.2) is 0 Å². The van der Waals surface area contributed by atoms with Crippen LogP contribution in [0.15, 0.2) is 30.3 Å². The van der Waals surface area contributed by atoms with E-state index in [2.05, 4.69) is 5.32 Å². The molecule has 1 heterocycles. The second kappa shape index (κ2) is 5.21. The van der Waals surface area contributed by atoms with Crippen LogP contribution in [-0.2, 0) is 7.05 Å². The van der Waals surface area contributed by atoms with Crippen LogP contribution in [0.3, 0.4) is 0 Å². The molecule has 0 unspecified atom stereocenters. The fourth-order valence-electron chi connectivity index (χ4n) is 1.96. The number of benzene rings is 1.